The minimum Gasteiger partial charge on any atom is -0.477 e. The van der Waals surface area contributed by atoms with Crippen molar-refractivity contribution in [2.24, 2.45) is 0 Å². The zero-order valence-corrected chi connectivity index (χ0v) is 10.9. The van der Waals surface area contributed by atoms with Crippen LogP contribution < -0.4 is 5.32 Å². The summed E-state index contributed by atoms with van der Waals surface area (Å²) < 4.78 is 4.97. The van der Waals surface area contributed by atoms with Crippen molar-refractivity contribution >= 4 is 18.1 Å². The van der Waals surface area contributed by atoms with Gasteiger partial charge in [-0.3, -0.25) is 5.32 Å². The van der Waals surface area contributed by atoms with E-state index in [-0.39, 0.29) is 5.70 Å². The summed E-state index contributed by atoms with van der Waals surface area (Å²) in [6.07, 6.45) is 4.57. The number of amides is 1. The maximum Gasteiger partial charge on any atom is 0.412 e. The van der Waals surface area contributed by atoms with Gasteiger partial charge in [0.25, 0.3) is 0 Å². The van der Waals surface area contributed by atoms with Crippen LogP contribution in [0, 0.1) is 0 Å². The first-order valence-corrected chi connectivity index (χ1v) is 5.48. The Hall–Kier alpha value is -2.44. The highest BCUT2D eigenvalue weighted by molar-refractivity contribution is 5.95. The third-order valence-electron chi connectivity index (χ3n) is 1.76. The molecule has 0 aromatic carbocycles. The lowest BCUT2D eigenvalue weighted by molar-refractivity contribution is -0.133. The molecule has 7 nitrogen and oxygen atoms in total. The first-order chi connectivity index (χ1) is 8.78. The molecule has 1 aromatic rings. The molecule has 1 aromatic heterocycles. The molecule has 102 valence electrons. The van der Waals surface area contributed by atoms with Crippen molar-refractivity contribution in [1.82, 2.24) is 15.3 Å². The highest BCUT2D eigenvalue weighted by atomic mass is 16.6. The van der Waals surface area contributed by atoms with Crippen LogP contribution in [0.3, 0.4) is 0 Å². The van der Waals surface area contributed by atoms with Gasteiger partial charge in [-0.15, -0.1) is 0 Å². The van der Waals surface area contributed by atoms with Crippen LogP contribution in [0.4, 0.5) is 4.79 Å². The van der Waals surface area contributed by atoms with Crippen molar-refractivity contribution in [1.29, 1.82) is 0 Å². The molecule has 0 aliphatic carbocycles. The number of carboxylic acid groups (broad SMARTS) is 1. The molecule has 0 saturated heterocycles. The van der Waals surface area contributed by atoms with Gasteiger partial charge in [0.2, 0.25) is 0 Å². The lowest BCUT2D eigenvalue weighted by atomic mass is 10.2. The molecule has 0 saturated carbocycles. The van der Waals surface area contributed by atoms with E-state index >= 15 is 0 Å². The quantitative estimate of drug-likeness (QED) is 0.801. The lowest BCUT2D eigenvalue weighted by Crippen LogP contribution is -2.34. The monoisotopic (exact) mass is 265 g/mol. The molecule has 0 fully saturated rings. The van der Waals surface area contributed by atoms with E-state index in [0.717, 1.165) is 0 Å². The summed E-state index contributed by atoms with van der Waals surface area (Å²) in [6, 6.07) is 0. The van der Waals surface area contributed by atoms with E-state index in [1.54, 1.807) is 20.8 Å². The zero-order valence-electron chi connectivity index (χ0n) is 10.9. The summed E-state index contributed by atoms with van der Waals surface area (Å²) in [4.78, 5) is 30.0. The second-order valence-electron chi connectivity index (χ2n) is 4.66. The first kappa shape index (κ1) is 14.6. The number of aromatic nitrogens is 2. The Morgan fingerprint density at radius 2 is 1.89 bits per heavy atom. The van der Waals surface area contributed by atoms with E-state index in [4.69, 9.17) is 9.84 Å². The normalized spacial score (nSPS) is 11.8. The maximum atomic E-state index is 11.5. The molecular formula is C12H15N3O4. The van der Waals surface area contributed by atoms with E-state index in [2.05, 4.69) is 15.3 Å². The molecule has 7 heteroatoms. The second-order valence-corrected chi connectivity index (χ2v) is 4.66. The fraction of sp³-hybridized carbons (Fsp3) is 0.333. The zero-order chi connectivity index (χ0) is 14.5. The minimum absolute atomic E-state index is 0.316. The SMILES string of the molecule is CC(C)(C)OC(=O)N/C(=C\c1cncnc1)C(=O)O. The van der Waals surface area contributed by atoms with Gasteiger partial charge in [0, 0.05) is 18.0 Å². The molecule has 19 heavy (non-hydrogen) atoms. The number of carbonyl (C=O) groups is 2. The van der Waals surface area contributed by atoms with Crippen LogP contribution in [0.1, 0.15) is 26.3 Å². The minimum atomic E-state index is -1.28. The van der Waals surface area contributed by atoms with E-state index < -0.39 is 17.7 Å². The summed E-state index contributed by atoms with van der Waals surface area (Å²) in [7, 11) is 0. The number of nitrogens with one attached hydrogen (secondary N) is 1. The summed E-state index contributed by atoms with van der Waals surface area (Å²) in [5, 5.41) is 11.2. The second kappa shape index (κ2) is 5.94. The molecule has 0 aliphatic rings. The number of ether oxygens (including phenoxy) is 1. The standard InChI is InChI=1S/C12H15N3O4/c1-12(2,3)19-11(18)15-9(10(16)17)4-8-5-13-7-14-6-8/h4-7H,1-3H3,(H,15,18)(H,16,17)/b9-4-. The summed E-state index contributed by atoms with van der Waals surface area (Å²) in [5.74, 6) is -1.28. The number of rotatable bonds is 3. The number of carbonyl (C=O) groups excluding carboxylic acids is 1. The maximum absolute atomic E-state index is 11.5. The van der Waals surface area contributed by atoms with Crippen LogP contribution in [0.15, 0.2) is 24.4 Å². The van der Waals surface area contributed by atoms with Crippen molar-refractivity contribution in [3.63, 3.8) is 0 Å². The molecule has 0 bridgehead atoms. The number of alkyl carbamates (subject to hydrolysis) is 1. The van der Waals surface area contributed by atoms with E-state index in [1.165, 1.54) is 24.8 Å². The van der Waals surface area contributed by atoms with Crippen molar-refractivity contribution in [2.45, 2.75) is 26.4 Å². The molecule has 2 N–H and O–H groups in total. The Kier molecular flexibility index (Phi) is 4.57. The lowest BCUT2D eigenvalue weighted by Gasteiger charge is -2.19. The van der Waals surface area contributed by atoms with Crippen molar-refractivity contribution < 1.29 is 19.4 Å². The van der Waals surface area contributed by atoms with Crippen LogP contribution in [0.25, 0.3) is 6.08 Å². The van der Waals surface area contributed by atoms with Crippen LogP contribution in [-0.4, -0.2) is 32.7 Å². The van der Waals surface area contributed by atoms with E-state index in [1.807, 2.05) is 0 Å². The van der Waals surface area contributed by atoms with Crippen LogP contribution >= 0.6 is 0 Å². The Labute approximate surface area is 110 Å². The van der Waals surface area contributed by atoms with Gasteiger partial charge in [-0.25, -0.2) is 19.6 Å². The Balaban J connectivity index is 2.83. The van der Waals surface area contributed by atoms with Crippen LogP contribution in [-0.2, 0) is 9.53 Å². The predicted octanol–water partition coefficient (Wildman–Crippen LogP) is 1.43. The first-order valence-electron chi connectivity index (χ1n) is 5.48. The smallest absolute Gasteiger partial charge is 0.412 e. The number of carboxylic acids is 1. The largest absolute Gasteiger partial charge is 0.477 e. The average molecular weight is 265 g/mol. The fourth-order valence-corrected chi connectivity index (χ4v) is 1.12. The van der Waals surface area contributed by atoms with E-state index in [9.17, 15) is 9.59 Å². The molecule has 1 rings (SSSR count). The third kappa shape index (κ3) is 5.62. The van der Waals surface area contributed by atoms with Crippen LogP contribution in [0.5, 0.6) is 0 Å². The van der Waals surface area contributed by atoms with Gasteiger partial charge in [-0.05, 0) is 26.8 Å². The number of nitrogens with zero attached hydrogens (tertiary/aromatic N) is 2. The Morgan fingerprint density at radius 1 is 1.32 bits per heavy atom. The summed E-state index contributed by atoms with van der Waals surface area (Å²) in [5.41, 5.74) is -0.566. The fourth-order valence-electron chi connectivity index (χ4n) is 1.12. The van der Waals surface area contributed by atoms with Gasteiger partial charge in [-0.2, -0.15) is 0 Å². The van der Waals surface area contributed by atoms with Gasteiger partial charge in [0.15, 0.2) is 0 Å². The molecule has 0 atom stereocenters. The number of hydrogen-bond donors (Lipinski definition) is 2. The molecular weight excluding hydrogens is 250 g/mol. The molecule has 1 heterocycles. The van der Waals surface area contributed by atoms with Gasteiger partial charge in [-0.1, -0.05) is 0 Å². The summed E-state index contributed by atoms with van der Waals surface area (Å²) in [6.45, 7) is 5.05. The van der Waals surface area contributed by atoms with Gasteiger partial charge in [0.1, 0.15) is 17.6 Å². The van der Waals surface area contributed by atoms with E-state index in [0.29, 0.717) is 5.56 Å². The highest BCUT2D eigenvalue weighted by Crippen LogP contribution is 2.08. The van der Waals surface area contributed by atoms with Crippen molar-refractivity contribution in [3.8, 4) is 0 Å². The number of aliphatic carboxylic acids is 1. The van der Waals surface area contributed by atoms with Crippen molar-refractivity contribution in [3.05, 3.63) is 30.0 Å². The van der Waals surface area contributed by atoms with Crippen molar-refractivity contribution in [2.75, 3.05) is 0 Å². The average Bonchev–Trinajstić information content (AvgIpc) is 2.26. The Morgan fingerprint density at radius 3 is 2.37 bits per heavy atom. The molecule has 0 unspecified atom stereocenters. The van der Waals surface area contributed by atoms with Gasteiger partial charge >= 0.3 is 12.1 Å². The molecule has 0 spiro atoms. The van der Waals surface area contributed by atoms with Crippen LogP contribution in [0.2, 0.25) is 0 Å². The third-order valence-corrected chi connectivity index (χ3v) is 1.76. The Bertz CT molecular complexity index is 491. The molecule has 0 radical (unpaired) electrons. The van der Waals surface area contributed by atoms with Gasteiger partial charge < -0.3 is 9.84 Å². The van der Waals surface area contributed by atoms with Gasteiger partial charge in [0.05, 0.1) is 0 Å². The highest BCUT2D eigenvalue weighted by Gasteiger charge is 2.19. The molecule has 1 amide bonds. The predicted molar refractivity (Wildman–Crippen MR) is 67.0 cm³/mol. The number of hydrogen-bond acceptors (Lipinski definition) is 5. The topological polar surface area (TPSA) is 101 Å². The summed E-state index contributed by atoms with van der Waals surface area (Å²) >= 11 is 0. The molecule has 0 aliphatic heterocycles.